The minimum atomic E-state index is -0.191. The molecule has 38 heavy (non-hydrogen) atoms. The van der Waals surface area contributed by atoms with Gasteiger partial charge in [-0.15, -0.1) is 11.8 Å². The molecule has 4 rings (SSSR count). The highest BCUT2D eigenvalue weighted by atomic mass is 32.2. The number of carbonyl (C=O) groups excluding carboxylic acids is 2. The van der Waals surface area contributed by atoms with E-state index >= 15 is 0 Å². The molecule has 0 saturated carbocycles. The fraction of sp³-hybridized carbons (Fsp3) is 0.188. The molecule has 4 aromatic carbocycles. The zero-order valence-corrected chi connectivity index (χ0v) is 23.0. The van der Waals surface area contributed by atoms with Gasteiger partial charge >= 0.3 is 0 Å². The van der Waals surface area contributed by atoms with Crippen molar-refractivity contribution in [1.29, 1.82) is 0 Å². The second kappa shape index (κ2) is 17.5. The number of nitrogens with one attached hydrogen (secondary N) is 1. The van der Waals surface area contributed by atoms with Crippen LogP contribution in [0.2, 0.25) is 0 Å². The van der Waals surface area contributed by atoms with Crippen LogP contribution in [0.15, 0.2) is 114 Å². The van der Waals surface area contributed by atoms with Gasteiger partial charge in [0.25, 0.3) is 0 Å². The molecule has 0 aromatic heterocycles. The molecule has 0 fully saturated rings. The van der Waals surface area contributed by atoms with Crippen LogP contribution >= 0.6 is 11.8 Å². The van der Waals surface area contributed by atoms with Crippen molar-refractivity contribution in [3.8, 4) is 0 Å². The van der Waals surface area contributed by atoms with E-state index in [1.807, 2.05) is 74.5 Å². The number of anilines is 1. The van der Waals surface area contributed by atoms with E-state index in [-0.39, 0.29) is 18.3 Å². The molecule has 198 valence electrons. The summed E-state index contributed by atoms with van der Waals surface area (Å²) in [7, 11) is 0. The van der Waals surface area contributed by atoms with E-state index in [0.717, 1.165) is 21.9 Å². The molecule has 0 heterocycles. The summed E-state index contributed by atoms with van der Waals surface area (Å²) in [6.07, 6.45) is 0.683. The minimum absolute atomic E-state index is 0.0739. The number of hydrogen-bond donors (Lipinski definition) is 1. The van der Waals surface area contributed by atoms with E-state index in [4.69, 9.17) is 0 Å². The lowest BCUT2D eigenvalue weighted by Gasteiger charge is -2.14. The summed E-state index contributed by atoms with van der Waals surface area (Å²) in [5.74, 6) is 0.552. The molecule has 0 bridgehead atoms. The number of aryl methyl sites for hydroxylation is 2. The minimum Gasteiger partial charge on any atom is -0.336 e. The van der Waals surface area contributed by atoms with E-state index in [9.17, 15) is 14.0 Å². The predicted molar refractivity (Wildman–Crippen MR) is 157 cm³/mol. The highest BCUT2D eigenvalue weighted by molar-refractivity contribution is 7.98. The van der Waals surface area contributed by atoms with E-state index in [1.54, 1.807) is 23.9 Å². The highest BCUT2D eigenvalue weighted by Crippen LogP contribution is 2.24. The molecular formula is C32H35FN2O2S. The molecule has 0 aliphatic rings. The number of amides is 2. The number of likely N-dealkylation sites (N-methyl/N-ethyl adjacent to an activating group) is 1. The van der Waals surface area contributed by atoms with Gasteiger partial charge in [0.2, 0.25) is 12.3 Å². The Morgan fingerprint density at radius 3 is 1.84 bits per heavy atom. The predicted octanol–water partition coefficient (Wildman–Crippen LogP) is 7.52. The first-order chi connectivity index (χ1) is 18.4. The second-order valence-corrected chi connectivity index (χ2v) is 9.51. The maximum Gasteiger partial charge on any atom is 0.243 e. The van der Waals surface area contributed by atoms with Gasteiger partial charge in [-0.1, -0.05) is 83.9 Å². The van der Waals surface area contributed by atoms with Gasteiger partial charge in [-0.3, -0.25) is 9.59 Å². The van der Waals surface area contributed by atoms with Crippen LogP contribution in [0.1, 0.15) is 23.6 Å². The van der Waals surface area contributed by atoms with Crippen molar-refractivity contribution >= 4 is 29.8 Å². The van der Waals surface area contributed by atoms with Crippen molar-refractivity contribution in [3.63, 3.8) is 0 Å². The Bertz CT molecular complexity index is 1180. The van der Waals surface area contributed by atoms with Crippen molar-refractivity contribution in [3.05, 3.63) is 132 Å². The fourth-order valence-electron chi connectivity index (χ4n) is 3.05. The summed E-state index contributed by atoms with van der Waals surface area (Å²) in [5.41, 5.74) is 4.43. The Kier molecular flexibility index (Phi) is 14.0. The van der Waals surface area contributed by atoms with Crippen LogP contribution in [0.25, 0.3) is 0 Å². The Morgan fingerprint density at radius 1 is 0.816 bits per heavy atom. The number of hydrogen-bond acceptors (Lipinski definition) is 3. The first-order valence-corrected chi connectivity index (χ1v) is 13.4. The van der Waals surface area contributed by atoms with Crippen molar-refractivity contribution in [2.75, 3.05) is 18.4 Å². The van der Waals surface area contributed by atoms with Gasteiger partial charge in [0, 0.05) is 22.9 Å². The Hall–Kier alpha value is -3.90. The standard InChI is InChI=1S/C18H20N2O2S.C7H7F.C7H8/c1-2-20(14-21)12-18(22)19-16-8-10-17(11-9-16)23-13-15-6-4-3-5-7-15;1-6-2-4-7(8)5-3-6;1-7-5-3-2-4-6-7/h3-11,14H,2,12-13H2,1H3,(H,19,22);2-5H,1H3;2-6H,1H3. The maximum absolute atomic E-state index is 12.1. The third-order valence-corrected chi connectivity index (χ3v) is 6.32. The zero-order chi connectivity index (χ0) is 27.6. The van der Waals surface area contributed by atoms with E-state index in [0.29, 0.717) is 13.0 Å². The number of benzene rings is 4. The quantitative estimate of drug-likeness (QED) is 0.189. The van der Waals surface area contributed by atoms with Gasteiger partial charge in [0.1, 0.15) is 5.82 Å². The van der Waals surface area contributed by atoms with Gasteiger partial charge in [-0.05, 0) is 62.7 Å². The van der Waals surface area contributed by atoms with Gasteiger partial charge in [-0.25, -0.2) is 4.39 Å². The molecule has 0 unspecified atom stereocenters. The molecule has 4 nitrogen and oxygen atoms in total. The summed E-state index contributed by atoms with van der Waals surface area (Å²) in [5, 5.41) is 2.79. The molecule has 0 saturated heterocycles. The summed E-state index contributed by atoms with van der Waals surface area (Å²) >= 11 is 1.75. The average Bonchev–Trinajstić information content (AvgIpc) is 2.94. The molecule has 0 atom stereocenters. The largest absolute Gasteiger partial charge is 0.336 e. The SMILES string of the molecule is CCN(C=O)CC(=O)Nc1ccc(SCc2ccccc2)cc1.Cc1ccc(F)cc1.Cc1ccccc1. The Morgan fingerprint density at radius 2 is 1.37 bits per heavy atom. The maximum atomic E-state index is 12.1. The highest BCUT2D eigenvalue weighted by Gasteiger charge is 2.07. The summed E-state index contributed by atoms with van der Waals surface area (Å²) in [4.78, 5) is 25.1. The number of thioether (sulfide) groups is 1. The number of carbonyl (C=O) groups is 2. The normalized spacial score (nSPS) is 9.68. The average molecular weight is 531 g/mol. The van der Waals surface area contributed by atoms with Crippen LogP contribution < -0.4 is 5.32 Å². The zero-order valence-electron chi connectivity index (χ0n) is 22.1. The van der Waals surface area contributed by atoms with Crippen LogP contribution in [0, 0.1) is 19.7 Å². The topological polar surface area (TPSA) is 49.4 Å². The number of halogens is 1. The van der Waals surface area contributed by atoms with Crippen molar-refractivity contribution < 1.29 is 14.0 Å². The Labute approximate surface area is 229 Å². The first kappa shape index (κ1) is 30.3. The fourth-order valence-corrected chi connectivity index (χ4v) is 3.91. The van der Waals surface area contributed by atoms with Crippen molar-refractivity contribution in [2.45, 2.75) is 31.4 Å². The van der Waals surface area contributed by atoms with Crippen LogP contribution in [0.4, 0.5) is 10.1 Å². The van der Waals surface area contributed by atoms with E-state index in [1.165, 1.54) is 28.2 Å². The molecule has 0 aliphatic carbocycles. The summed E-state index contributed by atoms with van der Waals surface area (Å²) in [6.45, 7) is 6.44. The van der Waals surface area contributed by atoms with Crippen molar-refractivity contribution in [1.82, 2.24) is 4.90 Å². The van der Waals surface area contributed by atoms with E-state index in [2.05, 4.69) is 36.5 Å². The van der Waals surface area contributed by atoms with Crippen LogP contribution in [0.5, 0.6) is 0 Å². The molecule has 0 aliphatic heterocycles. The van der Waals surface area contributed by atoms with Crippen LogP contribution in [-0.4, -0.2) is 30.3 Å². The summed E-state index contributed by atoms with van der Waals surface area (Å²) < 4.78 is 12.1. The lowest BCUT2D eigenvalue weighted by molar-refractivity contribution is -0.124. The smallest absolute Gasteiger partial charge is 0.243 e. The van der Waals surface area contributed by atoms with Crippen molar-refractivity contribution in [2.24, 2.45) is 0 Å². The summed E-state index contributed by atoms with van der Waals surface area (Å²) in [6, 6.07) is 34.7. The van der Waals surface area contributed by atoms with Gasteiger partial charge in [0.15, 0.2) is 0 Å². The molecular weight excluding hydrogens is 495 g/mol. The molecule has 2 amide bonds. The first-order valence-electron chi connectivity index (χ1n) is 12.4. The van der Waals surface area contributed by atoms with Gasteiger partial charge in [-0.2, -0.15) is 0 Å². The lowest BCUT2D eigenvalue weighted by atomic mass is 10.2. The monoisotopic (exact) mass is 530 g/mol. The molecule has 0 radical (unpaired) electrons. The van der Waals surface area contributed by atoms with Crippen LogP contribution in [0.3, 0.4) is 0 Å². The third kappa shape index (κ3) is 12.9. The third-order valence-electron chi connectivity index (χ3n) is 5.24. The second-order valence-electron chi connectivity index (χ2n) is 8.47. The van der Waals surface area contributed by atoms with Gasteiger partial charge in [0.05, 0.1) is 6.54 Å². The molecule has 6 heteroatoms. The van der Waals surface area contributed by atoms with E-state index < -0.39 is 0 Å². The molecule has 1 N–H and O–H groups in total. The lowest BCUT2D eigenvalue weighted by Crippen LogP contribution is -2.32. The number of rotatable bonds is 8. The molecule has 4 aromatic rings. The number of nitrogens with zero attached hydrogens (tertiary/aromatic N) is 1. The van der Waals surface area contributed by atoms with Crippen LogP contribution in [-0.2, 0) is 15.3 Å². The molecule has 0 spiro atoms. The van der Waals surface area contributed by atoms with Gasteiger partial charge < -0.3 is 10.2 Å². The Balaban J connectivity index is 0.000000272.